The van der Waals surface area contributed by atoms with E-state index >= 15 is 0 Å². The van der Waals surface area contributed by atoms with Gasteiger partial charge in [-0.2, -0.15) is 0 Å². The summed E-state index contributed by atoms with van der Waals surface area (Å²) in [5.74, 6) is 0.538. The van der Waals surface area contributed by atoms with Gasteiger partial charge in [0.25, 0.3) is 0 Å². The first-order chi connectivity index (χ1) is 13.9. The summed E-state index contributed by atoms with van der Waals surface area (Å²) in [5.41, 5.74) is 3.12. The Morgan fingerprint density at radius 1 is 1.21 bits per heavy atom. The van der Waals surface area contributed by atoms with Crippen molar-refractivity contribution < 1.29 is 23.8 Å². The maximum absolute atomic E-state index is 12.9. The van der Waals surface area contributed by atoms with Gasteiger partial charge in [0.1, 0.15) is 11.5 Å². The number of benzene rings is 2. The summed E-state index contributed by atoms with van der Waals surface area (Å²) in [6.07, 6.45) is 2.97. The molecule has 148 valence electrons. The van der Waals surface area contributed by atoms with Crippen molar-refractivity contribution in [3.05, 3.63) is 65.0 Å². The molecule has 0 saturated carbocycles. The lowest BCUT2D eigenvalue weighted by atomic mass is 10.1. The Kier molecular flexibility index (Phi) is 4.62. The number of nitrogens with zero attached hydrogens (tertiary/aromatic N) is 1. The van der Waals surface area contributed by atoms with Crippen molar-refractivity contribution in [1.82, 2.24) is 4.57 Å². The number of esters is 1. The predicted molar refractivity (Wildman–Crippen MR) is 109 cm³/mol. The van der Waals surface area contributed by atoms with Crippen molar-refractivity contribution in [3.63, 3.8) is 0 Å². The number of allylic oxidation sites excluding steroid dienone is 1. The average molecular weight is 391 g/mol. The van der Waals surface area contributed by atoms with Crippen molar-refractivity contribution in [1.29, 1.82) is 0 Å². The van der Waals surface area contributed by atoms with Gasteiger partial charge in [-0.3, -0.25) is 4.79 Å². The Hall–Kier alpha value is -3.54. The smallest absolute Gasteiger partial charge is 0.346 e. The Bertz CT molecular complexity index is 1170. The number of methoxy groups -OCH3 is 1. The summed E-state index contributed by atoms with van der Waals surface area (Å²) in [6, 6.07) is 11.3. The lowest BCUT2D eigenvalue weighted by Crippen LogP contribution is -2.25. The van der Waals surface area contributed by atoms with Gasteiger partial charge in [0, 0.05) is 35.3 Å². The van der Waals surface area contributed by atoms with E-state index in [-0.39, 0.29) is 11.5 Å². The van der Waals surface area contributed by atoms with Crippen LogP contribution in [0.15, 0.2) is 48.4 Å². The van der Waals surface area contributed by atoms with Gasteiger partial charge in [-0.1, -0.05) is 18.2 Å². The molecule has 29 heavy (non-hydrogen) atoms. The second-order valence-corrected chi connectivity index (χ2v) is 7.00. The summed E-state index contributed by atoms with van der Waals surface area (Å²) in [5, 5.41) is 1.04. The Labute approximate surface area is 168 Å². The first kappa shape index (κ1) is 18.8. The molecule has 6 nitrogen and oxygen atoms in total. The zero-order valence-corrected chi connectivity index (χ0v) is 16.7. The molecule has 2 aromatic carbocycles. The van der Waals surface area contributed by atoms with Gasteiger partial charge >= 0.3 is 5.97 Å². The Morgan fingerprint density at radius 2 is 1.97 bits per heavy atom. The number of para-hydroxylation sites is 1. The molecular weight excluding hydrogens is 370 g/mol. The number of Topliss-reactive ketones (excluding diaryl/α,β-unsaturated/α-hetero) is 1. The molecule has 0 fully saturated rings. The summed E-state index contributed by atoms with van der Waals surface area (Å²) in [7, 11) is 3.27. The number of hydrogen-bond donors (Lipinski definition) is 0. The van der Waals surface area contributed by atoms with Gasteiger partial charge in [-0.25, -0.2) is 4.79 Å². The molecule has 1 aromatic heterocycles. The predicted octanol–water partition coefficient (Wildman–Crippen LogP) is 4.04. The fourth-order valence-corrected chi connectivity index (χ4v) is 3.53. The number of carbonyl (C=O) groups excluding carboxylic acids is 2. The quantitative estimate of drug-likeness (QED) is 0.496. The molecule has 6 heteroatoms. The van der Waals surface area contributed by atoms with Crippen LogP contribution in [0.1, 0.15) is 28.4 Å². The highest BCUT2D eigenvalue weighted by Gasteiger charge is 2.31. The third kappa shape index (κ3) is 3.16. The lowest BCUT2D eigenvalue weighted by Gasteiger charge is -2.15. The fraction of sp³-hybridized carbons (Fsp3) is 0.217. The minimum Gasteiger partial charge on any atom is -0.479 e. The van der Waals surface area contributed by atoms with E-state index in [1.807, 2.05) is 42.1 Å². The van der Waals surface area contributed by atoms with Crippen LogP contribution in [0.2, 0.25) is 0 Å². The number of ketones is 1. The molecule has 1 atom stereocenters. The van der Waals surface area contributed by atoms with Gasteiger partial charge in [0.2, 0.25) is 5.78 Å². The van der Waals surface area contributed by atoms with Crippen LogP contribution >= 0.6 is 0 Å². The van der Waals surface area contributed by atoms with E-state index in [1.165, 1.54) is 7.11 Å². The number of rotatable bonds is 4. The number of ether oxygens (including phenoxy) is 3. The average Bonchev–Trinajstić information content (AvgIpc) is 3.21. The van der Waals surface area contributed by atoms with Crippen LogP contribution in [0.5, 0.6) is 11.5 Å². The number of carbonyl (C=O) groups is 2. The van der Waals surface area contributed by atoms with Crippen LogP contribution in [0, 0.1) is 6.92 Å². The standard InChI is InChI=1S/C23H21NO5/c1-13-19(28-14(2)23(26)27-4)10-9-17-21(25)20(29-22(13)17)11-15-12-24(3)18-8-6-5-7-16(15)18/h5-12,14H,1-4H3/b20-11-. The zero-order chi connectivity index (χ0) is 20.7. The molecular formula is C23H21NO5. The Morgan fingerprint density at radius 3 is 2.72 bits per heavy atom. The van der Waals surface area contributed by atoms with Gasteiger partial charge in [0.05, 0.1) is 12.7 Å². The SMILES string of the molecule is COC(=O)C(C)Oc1ccc2c(c1C)O/C(=C\c1cn(C)c3ccccc13)C2=O. The summed E-state index contributed by atoms with van der Waals surface area (Å²) in [4.78, 5) is 24.5. The maximum Gasteiger partial charge on any atom is 0.346 e. The fourth-order valence-electron chi connectivity index (χ4n) is 3.53. The van der Waals surface area contributed by atoms with Crippen molar-refractivity contribution >= 4 is 28.7 Å². The first-order valence-corrected chi connectivity index (χ1v) is 9.27. The van der Waals surface area contributed by atoms with E-state index in [9.17, 15) is 9.59 Å². The summed E-state index contributed by atoms with van der Waals surface area (Å²) in [6.45, 7) is 3.41. The normalized spacial score (nSPS) is 15.3. The molecule has 1 aliphatic rings. The monoisotopic (exact) mass is 391 g/mol. The third-order valence-corrected chi connectivity index (χ3v) is 5.09. The van der Waals surface area contributed by atoms with Crippen LogP contribution in [-0.4, -0.2) is 29.5 Å². The summed E-state index contributed by atoms with van der Waals surface area (Å²) < 4.78 is 18.3. The van der Waals surface area contributed by atoms with Crippen LogP contribution in [-0.2, 0) is 16.6 Å². The zero-order valence-electron chi connectivity index (χ0n) is 16.7. The van der Waals surface area contributed by atoms with Crippen LogP contribution < -0.4 is 9.47 Å². The second-order valence-electron chi connectivity index (χ2n) is 7.00. The van der Waals surface area contributed by atoms with E-state index in [1.54, 1.807) is 32.1 Å². The molecule has 2 heterocycles. The lowest BCUT2D eigenvalue weighted by molar-refractivity contribution is -0.147. The molecule has 0 N–H and O–H groups in total. The van der Waals surface area contributed by atoms with Gasteiger partial charge in [-0.15, -0.1) is 0 Å². The molecule has 0 aliphatic carbocycles. The topological polar surface area (TPSA) is 66.8 Å². The van der Waals surface area contributed by atoms with Crippen molar-refractivity contribution in [2.75, 3.05) is 7.11 Å². The van der Waals surface area contributed by atoms with E-state index in [0.717, 1.165) is 16.5 Å². The van der Waals surface area contributed by atoms with E-state index < -0.39 is 12.1 Å². The molecule has 0 radical (unpaired) electrons. The van der Waals surface area contributed by atoms with Crippen LogP contribution in [0.25, 0.3) is 17.0 Å². The van der Waals surface area contributed by atoms with Gasteiger partial charge in [0.15, 0.2) is 11.9 Å². The molecule has 0 bridgehead atoms. The highest BCUT2D eigenvalue weighted by atomic mass is 16.6. The minimum absolute atomic E-state index is 0.177. The second kappa shape index (κ2) is 7.13. The number of aryl methyl sites for hydroxylation is 1. The number of fused-ring (bicyclic) bond motifs is 2. The molecule has 1 unspecified atom stereocenters. The third-order valence-electron chi connectivity index (χ3n) is 5.09. The van der Waals surface area contributed by atoms with E-state index in [0.29, 0.717) is 22.6 Å². The number of aromatic nitrogens is 1. The van der Waals surface area contributed by atoms with Crippen molar-refractivity contribution in [3.8, 4) is 11.5 Å². The highest BCUT2D eigenvalue weighted by molar-refractivity contribution is 6.15. The van der Waals surface area contributed by atoms with Crippen LogP contribution in [0.3, 0.4) is 0 Å². The molecule has 0 saturated heterocycles. The van der Waals surface area contributed by atoms with Crippen molar-refractivity contribution in [2.24, 2.45) is 7.05 Å². The molecule has 1 aliphatic heterocycles. The molecule has 3 aromatic rings. The molecule has 0 spiro atoms. The van der Waals surface area contributed by atoms with Gasteiger partial charge < -0.3 is 18.8 Å². The van der Waals surface area contributed by atoms with Crippen LogP contribution in [0.4, 0.5) is 0 Å². The van der Waals surface area contributed by atoms with Crippen molar-refractivity contribution in [2.45, 2.75) is 20.0 Å². The molecule has 0 amide bonds. The Balaban J connectivity index is 1.69. The van der Waals surface area contributed by atoms with E-state index in [4.69, 9.17) is 14.2 Å². The highest BCUT2D eigenvalue weighted by Crippen LogP contribution is 2.40. The van der Waals surface area contributed by atoms with Gasteiger partial charge in [-0.05, 0) is 38.1 Å². The maximum atomic E-state index is 12.9. The largest absolute Gasteiger partial charge is 0.479 e. The van der Waals surface area contributed by atoms with E-state index in [2.05, 4.69) is 0 Å². The molecule has 4 rings (SSSR count). The first-order valence-electron chi connectivity index (χ1n) is 9.27. The summed E-state index contributed by atoms with van der Waals surface area (Å²) >= 11 is 0. The minimum atomic E-state index is -0.764. The number of hydrogen-bond acceptors (Lipinski definition) is 5.